The van der Waals surface area contributed by atoms with Gasteiger partial charge in [0.15, 0.2) is 0 Å². The van der Waals surface area contributed by atoms with Gasteiger partial charge < -0.3 is 42.6 Å². The van der Waals surface area contributed by atoms with Crippen molar-refractivity contribution in [2.45, 2.75) is 57.3 Å². The SMILES string of the molecule is CC(C)C(NC(=O)C(CCC(N)=O)NC(=O)C(N)CO)C(=O)NC(Cc1c[nH]c2ccccc12)C(=O)O. The summed E-state index contributed by atoms with van der Waals surface area (Å²) in [5, 5.41) is 27.0. The standard InChI is InChI=1S/C24H34N6O7/c1-12(2)20(30-22(34)17(7-8-19(26)32)28-21(33)15(25)11-31)23(35)29-18(24(36)37)9-13-10-27-16-6-4-3-5-14(13)16/h3-6,10,12,15,17-18,20,27,31H,7-9,11,25H2,1-2H3,(H2,26,32)(H,28,33)(H,29,35)(H,30,34)(H,36,37). The molecule has 0 saturated heterocycles. The van der Waals surface area contributed by atoms with E-state index in [1.54, 1.807) is 20.0 Å². The minimum Gasteiger partial charge on any atom is -0.480 e. The average molecular weight is 519 g/mol. The number of primary amides is 1. The molecule has 1 aromatic heterocycles. The van der Waals surface area contributed by atoms with Crippen LogP contribution in [-0.4, -0.2) is 75.6 Å². The number of nitrogens with two attached hydrogens (primary N) is 2. The molecule has 1 aromatic carbocycles. The van der Waals surface area contributed by atoms with Gasteiger partial charge >= 0.3 is 5.97 Å². The zero-order valence-electron chi connectivity index (χ0n) is 20.7. The Labute approximate surface area is 213 Å². The van der Waals surface area contributed by atoms with E-state index in [0.717, 1.165) is 10.9 Å². The first-order chi connectivity index (χ1) is 17.4. The van der Waals surface area contributed by atoms with Crippen molar-refractivity contribution >= 4 is 40.5 Å². The molecule has 0 spiro atoms. The zero-order chi connectivity index (χ0) is 27.7. The number of para-hydroxylation sites is 1. The van der Waals surface area contributed by atoms with E-state index in [-0.39, 0.29) is 19.3 Å². The van der Waals surface area contributed by atoms with E-state index in [1.807, 2.05) is 24.3 Å². The first kappa shape index (κ1) is 29.3. The van der Waals surface area contributed by atoms with Crippen LogP contribution in [0.4, 0.5) is 0 Å². The van der Waals surface area contributed by atoms with Crippen molar-refractivity contribution in [2.24, 2.45) is 17.4 Å². The van der Waals surface area contributed by atoms with E-state index < -0.39 is 66.3 Å². The molecule has 4 atom stereocenters. The average Bonchev–Trinajstić information content (AvgIpc) is 3.26. The van der Waals surface area contributed by atoms with Crippen molar-refractivity contribution in [1.29, 1.82) is 0 Å². The van der Waals surface area contributed by atoms with E-state index in [2.05, 4.69) is 20.9 Å². The maximum atomic E-state index is 13.1. The molecule has 0 saturated carbocycles. The van der Waals surface area contributed by atoms with E-state index in [4.69, 9.17) is 16.6 Å². The number of aliphatic hydroxyl groups is 1. The molecule has 4 unspecified atom stereocenters. The fourth-order valence-electron chi connectivity index (χ4n) is 3.69. The van der Waals surface area contributed by atoms with Gasteiger partial charge in [0.05, 0.1) is 6.61 Å². The summed E-state index contributed by atoms with van der Waals surface area (Å²) in [6, 6.07) is 2.34. The second-order valence-corrected chi connectivity index (χ2v) is 9.05. The van der Waals surface area contributed by atoms with Crippen molar-refractivity contribution in [3.8, 4) is 0 Å². The van der Waals surface area contributed by atoms with Gasteiger partial charge in [0, 0.05) is 29.9 Å². The van der Waals surface area contributed by atoms with Gasteiger partial charge in [-0.15, -0.1) is 0 Å². The summed E-state index contributed by atoms with van der Waals surface area (Å²) in [4.78, 5) is 64.4. The van der Waals surface area contributed by atoms with E-state index in [9.17, 15) is 29.1 Å². The number of benzene rings is 1. The van der Waals surface area contributed by atoms with Crippen molar-refractivity contribution in [3.05, 3.63) is 36.0 Å². The van der Waals surface area contributed by atoms with Crippen molar-refractivity contribution in [2.75, 3.05) is 6.61 Å². The number of amides is 4. The van der Waals surface area contributed by atoms with Gasteiger partial charge in [-0.3, -0.25) is 19.2 Å². The molecular weight excluding hydrogens is 484 g/mol. The molecule has 1 heterocycles. The van der Waals surface area contributed by atoms with Crippen LogP contribution in [0.3, 0.4) is 0 Å². The van der Waals surface area contributed by atoms with Crippen LogP contribution in [0, 0.1) is 5.92 Å². The lowest BCUT2D eigenvalue weighted by atomic mass is 10.00. The van der Waals surface area contributed by atoms with Crippen molar-refractivity contribution < 1.29 is 34.2 Å². The number of aromatic amines is 1. The lowest BCUT2D eigenvalue weighted by Crippen LogP contribution is -2.59. The molecule has 13 heteroatoms. The number of carbonyl (C=O) groups is 5. The number of aromatic nitrogens is 1. The number of aliphatic carboxylic acids is 1. The third kappa shape index (κ3) is 8.29. The van der Waals surface area contributed by atoms with Gasteiger partial charge in [0.2, 0.25) is 23.6 Å². The molecule has 0 aliphatic carbocycles. The largest absolute Gasteiger partial charge is 0.480 e. The number of carboxylic acids is 1. The third-order valence-electron chi connectivity index (χ3n) is 5.81. The Kier molecular flexibility index (Phi) is 10.6. The first-order valence-electron chi connectivity index (χ1n) is 11.8. The van der Waals surface area contributed by atoms with Crippen LogP contribution < -0.4 is 27.4 Å². The van der Waals surface area contributed by atoms with Gasteiger partial charge in [-0.25, -0.2) is 4.79 Å². The summed E-state index contributed by atoms with van der Waals surface area (Å²) in [6.45, 7) is 2.64. The molecule has 10 N–H and O–H groups in total. The van der Waals surface area contributed by atoms with Gasteiger partial charge in [-0.1, -0.05) is 32.0 Å². The first-order valence-corrected chi connectivity index (χ1v) is 11.8. The Balaban J connectivity index is 2.16. The molecule has 0 aliphatic rings. The van der Waals surface area contributed by atoms with Crippen LogP contribution in [0.15, 0.2) is 30.5 Å². The van der Waals surface area contributed by atoms with Crippen LogP contribution in [0.1, 0.15) is 32.3 Å². The number of nitrogens with one attached hydrogen (secondary N) is 4. The third-order valence-corrected chi connectivity index (χ3v) is 5.81. The topological polar surface area (TPSA) is 230 Å². The highest BCUT2D eigenvalue weighted by Gasteiger charge is 2.32. The molecule has 0 aliphatic heterocycles. The van der Waals surface area contributed by atoms with Gasteiger partial charge in [0.25, 0.3) is 0 Å². The van der Waals surface area contributed by atoms with E-state index >= 15 is 0 Å². The van der Waals surface area contributed by atoms with Crippen LogP contribution in [0.25, 0.3) is 10.9 Å². The summed E-state index contributed by atoms with van der Waals surface area (Å²) in [7, 11) is 0. The number of aliphatic hydroxyl groups excluding tert-OH is 1. The van der Waals surface area contributed by atoms with E-state index in [0.29, 0.717) is 5.56 Å². The Morgan fingerprint density at radius 1 is 0.973 bits per heavy atom. The predicted octanol–water partition coefficient (Wildman–Crippen LogP) is -1.51. The fraction of sp³-hybridized carbons (Fsp3) is 0.458. The number of fused-ring (bicyclic) bond motifs is 1. The van der Waals surface area contributed by atoms with Crippen LogP contribution in [0.2, 0.25) is 0 Å². The Bertz CT molecular complexity index is 1130. The van der Waals surface area contributed by atoms with Crippen molar-refractivity contribution in [1.82, 2.24) is 20.9 Å². The fourth-order valence-corrected chi connectivity index (χ4v) is 3.69. The smallest absolute Gasteiger partial charge is 0.326 e. The second kappa shape index (κ2) is 13.4. The molecule has 37 heavy (non-hydrogen) atoms. The number of hydrogen-bond donors (Lipinski definition) is 8. The minimum absolute atomic E-state index is 0.000189. The molecule has 0 radical (unpaired) electrons. The number of H-pyrrole nitrogens is 1. The molecule has 0 bridgehead atoms. The quantitative estimate of drug-likeness (QED) is 0.146. The normalized spacial score (nSPS) is 14.4. The summed E-state index contributed by atoms with van der Waals surface area (Å²) in [6.07, 6.45) is 1.27. The number of rotatable bonds is 14. The Morgan fingerprint density at radius 3 is 2.22 bits per heavy atom. The zero-order valence-corrected chi connectivity index (χ0v) is 20.7. The number of carbonyl (C=O) groups excluding carboxylic acids is 4. The summed E-state index contributed by atoms with van der Waals surface area (Å²) in [5.74, 6) is -4.78. The van der Waals surface area contributed by atoms with Gasteiger partial charge in [-0.05, 0) is 24.0 Å². The highest BCUT2D eigenvalue weighted by molar-refractivity contribution is 5.94. The van der Waals surface area contributed by atoms with Crippen LogP contribution in [-0.2, 0) is 30.4 Å². The molecule has 2 aromatic rings. The summed E-state index contributed by atoms with van der Waals surface area (Å²) in [5.41, 5.74) is 12.2. The lowest BCUT2D eigenvalue weighted by molar-refractivity contribution is -0.142. The van der Waals surface area contributed by atoms with Gasteiger partial charge in [0.1, 0.15) is 24.2 Å². The monoisotopic (exact) mass is 518 g/mol. The maximum absolute atomic E-state index is 13.1. The second-order valence-electron chi connectivity index (χ2n) is 9.05. The Morgan fingerprint density at radius 2 is 1.62 bits per heavy atom. The molecular formula is C24H34N6O7. The number of carboxylic acid groups (broad SMARTS) is 1. The Hall–Kier alpha value is -3.97. The highest BCUT2D eigenvalue weighted by atomic mass is 16.4. The molecule has 4 amide bonds. The maximum Gasteiger partial charge on any atom is 0.326 e. The highest BCUT2D eigenvalue weighted by Crippen LogP contribution is 2.19. The molecule has 0 fully saturated rings. The van der Waals surface area contributed by atoms with Crippen LogP contribution >= 0.6 is 0 Å². The lowest BCUT2D eigenvalue weighted by Gasteiger charge is -2.27. The molecule has 2 rings (SSSR count). The van der Waals surface area contributed by atoms with Gasteiger partial charge in [-0.2, -0.15) is 0 Å². The minimum atomic E-state index is -1.30. The van der Waals surface area contributed by atoms with Crippen molar-refractivity contribution in [3.63, 3.8) is 0 Å². The summed E-state index contributed by atoms with van der Waals surface area (Å²) >= 11 is 0. The molecule has 13 nitrogen and oxygen atoms in total. The number of hydrogen-bond acceptors (Lipinski definition) is 7. The molecule has 202 valence electrons. The van der Waals surface area contributed by atoms with E-state index in [1.165, 1.54) is 0 Å². The predicted molar refractivity (Wildman–Crippen MR) is 134 cm³/mol. The summed E-state index contributed by atoms with van der Waals surface area (Å²) < 4.78 is 0. The van der Waals surface area contributed by atoms with Crippen LogP contribution in [0.5, 0.6) is 0 Å².